The normalized spacial score (nSPS) is 11.7. The molecule has 162 valence electrons. The van der Waals surface area contributed by atoms with Crippen LogP contribution in [0.1, 0.15) is 18.3 Å². The average molecular weight is 445 g/mol. The molecule has 32 heavy (non-hydrogen) atoms. The largest absolute Gasteiger partial charge is 0.489 e. The van der Waals surface area contributed by atoms with Crippen molar-refractivity contribution in [3.8, 4) is 11.4 Å². The molecule has 0 saturated carbocycles. The molecule has 0 bridgehead atoms. The molecular weight excluding hydrogens is 420 g/mol. The van der Waals surface area contributed by atoms with E-state index in [-0.39, 0.29) is 11.2 Å². The number of thioether (sulfide) groups is 1. The van der Waals surface area contributed by atoms with E-state index in [9.17, 15) is 4.79 Å². The number of para-hydroxylation sites is 1. The number of amides is 1. The summed E-state index contributed by atoms with van der Waals surface area (Å²) in [5.74, 6) is 1.42. The highest BCUT2D eigenvalue weighted by Crippen LogP contribution is 2.26. The Morgan fingerprint density at radius 2 is 1.62 bits per heavy atom. The Balaban J connectivity index is 1.35. The van der Waals surface area contributed by atoms with Crippen molar-refractivity contribution in [1.82, 2.24) is 14.8 Å². The molecule has 0 aliphatic heterocycles. The highest BCUT2D eigenvalue weighted by atomic mass is 32.2. The number of rotatable bonds is 8. The van der Waals surface area contributed by atoms with Crippen molar-refractivity contribution in [2.75, 3.05) is 5.32 Å². The molecule has 4 rings (SSSR count). The number of ether oxygens (including phenoxy) is 1. The number of benzene rings is 3. The lowest BCUT2D eigenvalue weighted by Gasteiger charge is -2.13. The van der Waals surface area contributed by atoms with Crippen LogP contribution in [0.5, 0.6) is 5.75 Å². The quantitative estimate of drug-likeness (QED) is 0.375. The van der Waals surface area contributed by atoms with E-state index in [0.29, 0.717) is 11.8 Å². The van der Waals surface area contributed by atoms with E-state index in [1.807, 2.05) is 103 Å². The maximum atomic E-state index is 12.7. The summed E-state index contributed by atoms with van der Waals surface area (Å²) in [6, 6.07) is 27.3. The van der Waals surface area contributed by atoms with Crippen LogP contribution in [0.3, 0.4) is 0 Å². The Morgan fingerprint density at radius 3 is 2.31 bits per heavy atom. The van der Waals surface area contributed by atoms with Crippen molar-refractivity contribution < 1.29 is 9.53 Å². The summed E-state index contributed by atoms with van der Waals surface area (Å²) in [7, 11) is 0. The van der Waals surface area contributed by atoms with Crippen LogP contribution < -0.4 is 10.1 Å². The molecule has 0 radical (unpaired) electrons. The summed E-state index contributed by atoms with van der Waals surface area (Å²) >= 11 is 1.37. The van der Waals surface area contributed by atoms with E-state index in [0.717, 1.165) is 28.5 Å². The molecule has 1 amide bonds. The van der Waals surface area contributed by atoms with Crippen LogP contribution in [0.15, 0.2) is 90.1 Å². The lowest BCUT2D eigenvalue weighted by atomic mass is 10.2. The molecule has 3 aromatic carbocycles. The van der Waals surface area contributed by atoms with Gasteiger partial charge in [-0.3, -0.25) is 9.36 Å². The lowest BCUT2D eigenvalue weighted by Crippen LogP contribution is -2.22. The molecule has 0 fully saturated rings. The molecule has 6 nitrogen and oxygen atoms in total. The number of aryl methyl sites for hydroxylation is 1. The summed E-state index contributed by atoms with van der Waals surface area (Å²) in [4.78, 5) is 12.7. The van der Waals surface area contributed by atoms with Gasteiger partial charge < -0.3 is 10.1 Å². The predicted octanol–water partition coefficient (Wildman–Crippen LogP) is 5.27. The van der Waals surface area contributed by atoms with Crippen LogP contribution in [0.2, 0.25) is 0 Å². The number of hydrogen-bond acceptors (Lipinski definition) is 5. The zero-order valence-corrected chi connectivity index (χ0v) is 18.8. The minimum atomic E-state index is -0.352. The zero-order chi connectivity index (χ0) is 22.3. The van der Waals surface area contributed by atoms with Crippen molar-refractivity contribution in [2.45, 2.75) is 30.9 Å². The van der Waals surface area contributed by atoms with E-state index in [4.69, 9.17) is 4.74 Å². The number of hydrogen-bond donors (Lipinski definition) is 1. The third-order valence-corrected chi connectivity index (χ3v) is 5.87. The third-order valence-electron chi connectivity index (χ3n) is 4.83. The second-order valence-corrected chi connectivity index (χ2v) is 8.56. The minimum Gasteiger partial charge on any atom is -0.489 e. The summed E-state index contributed by atoms with van der Waals surface area (Å²) in [6.07, 6.45) is 0. The molecular formula is C25H24N4O2S. The summed E-state index contributed by atoms with van der Waals surface area (Å²) in [5, 5.41) is 11.7. The van der Waals surface area contributed by atoms with E-state index >= 15 is 0 Å². The first-order valence-electron chi connectivity index (χ1n) is 10.3. The molecule has 1 aromatic heterocycles. The predicted molar refractivity (Wildman–Crippen MR) is 127 cm³/mol. The standard InChI is InChI=1S/C25H24N4O2S/c1-18(32-25-28-27-19(2)29(25)22-11-7-4-8-12-22)24(30)26-21-13-15-23(16-14-21)31-17-20-9-5-3-6-10-20/h3-16,18H,17H2,1-2H3,(H,26,30)/t18-/m0/s1. The molecule has 0 aliphatic rings. The molecule has 0 aliphatic carbocycles. The SMILES string of the molecule is Cc1nnc(S[C@@H](C)C(=O)Nc2ccc(OCc3ccccc3)cc2)n1-c1ccccc1. The molecule has 0 saturated heterocycles. The van der Waals surface area contributed by atoms with Crippen LogP contribution in [-0.4, -0.2) is 25.9 Å². The minimum absolute atomic E-state index is 0.104. The molecule has 1 atom stereocenters. The maximum absolute atomic E-state index is 12.7. The fraction of sp³-hybridized carbons (Fsp3) is 0.160. The molecule has 1 N–H and O–H groups in total. The summed E-state index contributed by atoms with van der Waals surface area (Å²) < 4.78 is 7.75. The number of nitrogens with one attached hydrogen (secondary N) is 1. The molecule has 0 spiro atoms. The van der Waals surface area contributed by atoms with Gasteiger partial charge in [-0.25, -0.2) is 0 Å². The highest BCUT2D eigenvalue weighted by molar-refractivity contribution is 8.00. The Hall–Kier alpha value is -3.58. The first kappa shape index (κ1) is 21.6. The van der Waals surface area contributed by atoms with Gasteiger partial charge in [0.15, 0.2) is 5.16 Å². The Kier molecular flexibility index (Phi) is 6.87. The van der Waals surface area contributed by atoms with Gasteiger partial charge in [-0.15, -0.1) is 10.2 Å². The van der Waals surface area contributed by atoms with Gasteiger partial charge in [0, 0.05) is 11.4 Å². The summed E-state index contributed by atoms with van der Waals surface area (Å²) in [5.41, 5.74) is 2.79. The first-order chi connectivity index (χ1) is 15.6. The van der Waals surface area contributed by atoms with Crippen LogP contribution >= 0.6 is 11.8 Å². The van der Waals surface area contributed by atoms with E-state index in [2.05, 4.69) is 15.5 Å². The van der Waals surface area contributed by atoms with E-state index in [1.165, 1.54) is 11.8 Å². The van der Waals surface area contributed by atoms with Crippen LogP contribution in [0.4, 0.5) is 5.69 Å². The van der Waals surface area contributed by atoms with Gasteiger partial charge in [-0.1, -0.05) is 60.3 Å². The number of carbonyl (C=O) groups is 1. The van der Waals surface area contributed by atoms with Gasteiger partial charge >= 0.3 is 0 Å². The number of carbonyl (C=O) groups excluding carboxylic acids is 1. The maximum Gasteiger partial charge on any atom is 0.237 e. The van der Waals surface area contributed by atoms with Crippen molar-refractivity contribution in [2.24, 2.45) is 0 Å². The van der Waals surface area contributed by atoms with Crippen molar-refractivity contribution in [3.63, 3.8) is 0 Å². The van der Waals surface area contributed by atoms with Crippen LogP contribution in [0.25, 0.3) is 5.69 Å². The Labute approximate surface area is 191 Å². The van der Waals surface area contributed by atoms with E-state index in [1.54, 1.807) is 0 Å². The second-order valence-electron chi connectivity index (χ2n) is 7.25. The van der Waals surface area contributed by atoms with Gasteiger partial charge in [0.2, 0.25) is 5.91 Å². The first-order valence-corrected chi connectivity index (χ1v) is 11.2. The third kappa shape index (κ3) is 5.36. The molecule has 7 heteroatoms. The van der Waals surface area contributed by atoms with Gasteiger partial charge in [0.05, 0.1) is 5.25 Å². The number of nitrogens with zero attached hydrogens (tertiary/aromatic N) is 3. The van der Waals surface area contributed by atoms with Gasteiger partial charge in [0.1, 0.15) is 18.2 Å². The van der Waals surface area contributed by atoms with Crippen molar-refractivity contribution >= 4 is 23.4 Å². The topological polar surface area (TPSA) is 69.0 Å². The number of aromatic nitrogens is 3. The molecule has 0 unspecified atom stereocenters. The van der Waals surface area contributed by atoms with Crippen LogP contribution in [-0.2, 0) is 11.4 Å². The fourth-order valence-electron chi connectivity index (χ4n) is 3.12. The van der Waals surface area contributed by atoms with Crippen LogP contribution in [0, 0.1) is 6.92 Å². The zero-order valence-electron chi connectivity index (χ0n) is 17.9. The average Bonchev–Trinajstić information content (AvgIpc) is 3.19. The highest BCUT2D eigenvalue weighted by Gasteiger charge is 2.20. The van der Waals surface area contributed by atoms with Gasteiger partial charge in [-0.2, -0.15) is 0 Å². The monoisotopic (exact) mass is 444 g/mol. The summed E-state index contributed by atoms with van der Waals surface area (Å²) in [6.45, 7) is 4.26. The van der Waals surface area contributed by atoms with E-state index < -0.39 is 0 Å². The smallest absolute Gasteiger partial charge is 0.237 e. The second kappa shape index (κ2) is 10.2. The van der Waals surface area contributed by atoms with Gasteiger partial charge in [0.25, 0.3) is 0 Å². The number of anilines is 1. The fourth-order valence-corrected chi connectivity index (χ4v) is 4.04. The van der Waals surface area contributed by atoms with Crippen molar-refractivity contribution in [1.29, 1.82) is 0 Å². The lowest BCUT2D eigenvalue weighted by molar-refractivity contribution is -0.115. The Bertz CT molecular complexity index is 1160. The Morgan fingerprint density at radius 1 is 0.969 bits per heavy atom. The van der Waals surface area contributed by atoms with Crippen molar-refractivity contribution in [3.05, 3.63) is 96.3 Å². The van der Waals surface area contributed by atoms with Gasteiger partial charge in [-0.05, 0) is 55.8 Å². The molecule has 4 aromatic rings. The molecule has 1 heterocycles.